The molecule has 1 unspecified atom stereocenters. The third-order valence-electron chi connectivity index (χ3n) is 3.07. The van der Waals surface area contributed by atoms with E-state index >= 15 is 0 Å². The standard InChI is InChI=1S/C15H19NO2/c1-12(14-8-10-18-11-14)16-9-7-13-3-5-15(17-2)6-4-13/h3-6,8,10-12,16H,7,9H2,1-2H3. The van der Waals surface area contributed by atoms with Crippen molar-refractivity contribution in [2.75, 3.05) is 13.7 Å². The van der Waals surface area contributed by atoms with Crippen LogP contribution in [0.5, 0.6) is 5.75 Å². The molecule has 1 N–H and O–H groups in total. The molecule has 0 aliphatic heterocycles. The summed E-state index contributed by atoms with van der Waals surface area (Å²) in [6.45, 7) is 3.08. The van der Waals surface area contributed by atoms with Crippen LogP contribution in [0.15, 0.2) is 47.3 Å². The number of hydrogen-bond acceptors (Lipinski definition) is 3. The molecule has 0 spiro atoms. The molecule has 1 aromatic heterocycles. The molecule has 2 aromatic rings. The van der Waals surface area contributed by atoms with Crippen LogP contribution in [-0.2, 0) is 6.42 Å². The van der Waals surface area contributed by atoms with Crippen molar-refractivity contribution in [3.05, 3.63) is 54.0 Å². The molecule has 18 heavy (non-hydrogen) atoms. The predicted octanol–water partition coefficient (Wildman–Crippen LogP) is 3.18. The van der Waals surface area contributed by atoms with Gasteiger partial charge in [0.2, 0.25) is 0 Å². The topological polar surface area (TPSA) is 34.4 Å². The van der Waals surface area contributed by atoms with Gasteiger partial charge in [0.15, 0.2) is 0 Å². The van der Waals surface area contributed by atoms with E-state index in [4.69, 9.17) is 9.15 Å². The molecule has 0 aliphatic carbocycles. The summed E-state index contributed by atoms with van der Waals surface area (Å²) in [5.74, 6) is 0.901. The molecule has 0 radical (unpaired) electrons. The summed E-state index contributed by atoms with van der Waals surface area (Å²) in [7, 11) is 1.68. The minimum Gasteiger partial charge on any atom is -0.497 e. The first-order valence-corrected chi connectivity index (χ1v) is 6.18. The van der Waals surface area contributed by atoms with Gasteiger partial charge in [-0.25, -0.2) is 0 Å². The maximum Gasteiger partial charge on any atom is 0.118 e. The van der Waals surface area contributed by atoms with E-state index < -0.39 is 0 Å². The van der Waals surface area contributed by atoms with Gasteiger partial charge in [0.25, 0.3) is 0 Å². The van der Waals surface area contributed by atoms with Crippen molar-refractivity contribution in [1.82, 2.24) is 5.32 Å². The van der Waals surface area contributed by atoms with Crippen molar-refractivity contribution in [2.24, 2.45) is 0 Å². The van der Waals surface area contributed by atoms with Crippen LogP contribution in [0.4, 0.5) is 0 Å². The molecule has 0 saturated heterocycles. The summed E-state index contributed by atoms with van der Waals surface area (Å²) < 4.78 is 10.2. The molecule has 0 saturated carbocycles. The summed E-state index contributed by atoms with van der Waals surface area (Å²) in [5.41, 5.74) is 2.49. The second kappa shape index (κ2) is 6.26. The summed E-state index contributed by atoms with van der Waals surface area (Å²) in [4.78, 5) is 0. The first-order valence-electron chi connectivity index (χ1n) is 6.18. The number of furan rings is 1. The van der Waals surface area contributed by atoms with Gasteiger partial charge in [-0.3, -0.25) is 0 Å². The normalized spacial score (nSPS) is 12.3. The number of methoxy groups -OCH3 is 1. The number of hydrogen-bond donors (Lipinski definition) is 1. The van der Waals surface area contributed by atoms with Crippen molar-refractivity contribution in [2.45, 2.75) is 19.4 Å². The Kier molecular flexibility index (Phi) is 4.42. The maximum atomic E-state index is 5.13. The van der Waals surface area contributed by atoms with Gasteiger partial charge >= 0.3 is 0 Å². The second-order valence-corrected chi connectivity index (χ2v) is 4.33. The van der Waals surface area contributed by atoms with Crippen molar-refractivity contribution in [3.8, 4) is 5.75 Å². The van der Waals surface area contributed by atoms with Gasteiger partial charge in [-0.05, 0) is 43.7 Å². The lowest BCUT2D eigenvalue weighted by Crippen LogP contribution is -2.20. The Hall–Kier alpha value is -1.74. The fourth-order valence-electron chi connectivity index (χ4n) is 1.86. The molecule has 1 aromatic carbocycles. The molecule has 2 rings (SSSR count). The lowest BCUT2D eigenvalue weighted by atomic mass is 10.1. The van der Waals surface area contributed by atoms with Gasteiger partial charge < -0.3 is 14.5 Å². The molecule has 96 valence electrons. The number of nitrogens with one attached hydrogen (secondary N) is 1. The fraction of sp³-hybridized carbons (Fsp3) is 0.333. The van der Waals surface area contributed by atoms with Crippen molar-refractivity contribution in [1.29, 1.82) is 0 Å². The Morgan fingerprint density at radius 1 is 1.22 bits per heavy atom. The molecular formula is C15H19NO2. The smallest absolute Gasteiger partial charge is 0.118 e. The van der Waals surface area contributed by atoms with Crippen LogP contribution < -0.4 is 10.1 Å². The second-order valence-electron chi connectivity index (χ2n) is 4.33. The first kappa shape index (κ1) is 12.7. The Morgan fingerprint density at radius 3 is 2.61 bits per heavy atom. The Morgan fingerprint density at radius 2 is 2.00 bits per heavy atom. The molecular weight excluding hydrogens is 226 g/mol. The van der Waals surface area contributed by atoms with Gasteiger partial charge in [0.05, 0.1) is 19.6 Å². The zero-order valence-corrected chi connectivity index (χ0v) is 10.8. The van der Waals surface area contributed by atoms with Gasteiger partial charge in [-0.2, -0.15) is 0 Å². The highest BCUT2D eigenvalue weighted by Gasteiger charge is 2.05. The van der Waals surface area contributed by atoms with Crippen LogP contribution in [0, 0.1) is 0 Å². The Bertz CT molecular complexity index is 448. The molecule has 0 amide bonds. The van der Waals surface area contributed by atoms with Crippen LogP contribution >= 0.6 is 0 Å². The largest absolute Gasteiger partial charge is 0.497 e. The maximum absolute atomic E-state index is 5.13. The van der Waals surface area contributed by atoms with Crippen molar-refractivity contribution in [3.63, 3.8) is 0 Å². The molecule has 0 bridgehead atoms. The Balaban J connectivity index is 1.77. The van der Waals surface area contributed by atoms with Crippen LogP contribution in [0.1, 0.15) is 24.1 Å². The van der Waals surface area contributed by atoms with Gasteiger partial charge in [0.1, 0.15) is 5.75 Å². The first-order chi connectivity index (χ1) is 8.79. The predicted molar refractivity (Wildman–Crippen MR) is 71.8 cm³/mol. The fourth-order valence-corrected chi connectivity index (χ4v) is 1.86. The minimum absolute atomic E-state index is 0.321. The van der Waals surface area contributed by atoms with E-state index in [1.54, 1.807) is 19.6 Å². The summed E-state index contributed by atoms with van der Waals surface area (Å²) >= 11 is 0. The van der Waals surface area contributed by atoms with Gasteiger partial charge in [0, 0.05) is 11.6 Å². The Labute approximate surface area is 108 Å². The van der Waals surface area contributed by atoms with Crippen LogP contribution in [-0.4, -0.2) is 13.7 Å². The van der Waals surface area contributed by atoms with Crippen LogP contribution in [0.3, 0.4) is 0 Å². The van der Waals surface area contributed by atoms with Crippen molar-refractivity contribution < 1.29 is 9.15 Å². The molecule has 3 nitrogen and oxygen atoms in total. The third kappa shape index (κ3) is 3.37. The van der Waals surface area contributed by atoms with E-state index in [-0.39, 0.29) is 0 Å². The zero-order chi connectivity index (χ0) is 12.8. The van der Waals surface area contributed by atoms with Gasteiger partial charge in [-0.15, -0.1) is 0 Å². The average molecular weight is 245 g/mol. The molecule has 1 atom stereocenters. The SMILES string of the molecule is COc1ccc(CCNC(C)c2ccoc2)cc1. The highest BCUT2D eigenvalue weighted by Crippen LogP contribution is 2.13. The summed E-state index contributed by atoms with van der Waals surface area (Å²) in [5, 5.41) is 3.47. The van der Waals surface area contributed by atoms with Crippen LogP contribution in [0.25, 0.3) is 0 Å². The molecule has 3 heteroatoms. The van der Waals surface area contributed by atoms with E-state index in [9.17, 15) is 0 Å². The lowest BCUT2D eigenvalue weighted by Gasteiger charge is -2.11. The third-order valence-corrected chi connectivity index (χ3v) is 3.07. The van der Waals surface area contributed by atoms with E-state index in [2.05, 4.69) is 24.4 Å². The number of benzene rings is 1. The zero-order valence-electron chi connectivity index (χ0n) is 10.8. The summed E-state index contributed by atoms with van der Waals surface area (Å²) in [6, 6.07) is 10.5. The average Bonchev–Trinajstić information content (AvgIpc) is 2.93. The highest BCUT2D eigenvalue weighted by molar-refractivity contribution is 5.27. The molecule has 0 aliphatic rings. The summed E-state index contributed by atoms with van der Waals surface area (Å²) in [6.07, 6.45) is 4.49. The van der Waals surface area contributed by atoms with E-state index in [1.165, 1.54) is 11.1 Å². The highest BCUT2D eigenvalue weighted by atomic mass is 16.5. The van der Waals surface area contributed by atoms with E-state index in [0.29, 0.717) is 6.04 Å². The number of ether oxygens (including phenoxy) is 1. The van der Waals surface area contributed by atoms with E-state index in [1.807, 2.05) is 18.2 Å². The quantitative estimate of drug-likeness (QED) is 0.848. The monoisotopic (exact) mass is 245 g/mol. The van der Waals surface area contributed by atoms with E-state index in [0.717, 1.165) is 18.7 Å². The van der Waals surface area contributed by atoms with Gasteiger partial charge in [-0.1, -0.05) is 12.1 Å². The molecule has 0 fully saturated rings. The lowest BCUT2D eigenvalue weighted by molar-refractivity contribution is 0.414. The number of rotatable bonds is 6. The minimum atomic E-state index is 0.321. The van der Waals surface area contributed by atoms with Crippen molar-refractivity contribution >= 4 is 0 Å². The van der Waals surface area contributed by atoms with Crippen LogP contribution in [0.2, 0.25) is 0 Å². The molecule has 1 heterocycles.